The number of aromatic nitrogens is 1. The van der Waals surface area contributed by atoms with E-state index in [0.717, 1.165) is 22.3 Å². The number of rotatable bonds is 4. The third-order valence-corrected chi connectivity index (χ3v) is 5.18. The van der Waals surface area contributed by atoms with Crippen molar-refractivity contribution in [2.75, 3.05) is 0 Å². The minimum Gasteiger partial charge on any atom is -0.502 e. The molecule has 3 N–H and O–H groups in total. The van der Waals surface area contributed by atoms with Gasteiger partial charge in [-0.25, -0.2) is 0 Å². The van der Waals surface area contributed by atoms with Gasteiger partial charge in [-0.3, -0.25) is 9.59 Å². The molecule has 3 aromatic carbocycles. The topological polar surface area (TPSA) is 82.2 Å². The van der Waals surface area contributed by atoms with Crippen LogP contribution >= 0.6 is 11.6 Å². The minimum absolute atomic E-state index is 0.0219. The molecule has 0 aliphatic carbocycles. The summed E-state index contributed by atoms with van der Waals surface area (Å²) in [5, 5.41) is 14.2. The molecular formula is C24H19ClN2O3. The molecule has 30 heavy (non-hydrogen) atoms. The van der Waals surface area contributed by atoms with Gasteiger partial charge in [-0.05, 0) is 53.9 Å². The molecule has 5 nitrogen and oxygen atoms in total. The normalized spacial score (nSPS) is 10.9. The SMILES string of the molecule is Cc1ccc2[nH]c(=O)c(O)c(C(=O)NCc3cccc(-c4ccc(Cl)cc4)c3)c2c1. The number of benzene rings is 3. The van der Waals surface area contributed by atoms with Crippen LogP contribution in [-0.2, 0) is 6.54 Å². The molecule has 4 aromatic rings. The van der Waals surface area contributed by atoms with Gasteiger partial charge >= 0.3 is 0 Å². The minimum atomic E-state index is -0.693. The van der Waals surface area contributed by atoms with Gasteiger partial charge in [0.1, 0.15) is 0 Å². The monoisotopic (exact) mass is 418 g/mol. The van der Waals surface area contributed by atoms with Crippen LogP contribution in [0.3, 0.4) is 0 Å². The van der Waals surface area contributed by atoms with E-state index in [-0.39, 0.29) is 12.1 Å². The van der Waals surface area contributed by atoms with E-state index in [2.05, 4.69) is 10.3 Å². The van der Waals surface area contributed by atoms with Gasteiger partial charge in [-0.2, -0.15) is 0 Å². The third-order valence-electron chi connectivity index (χ3n) is 4.93. The van der Waals surface area contributed by atoms with Crippen molar-refractivity contribution in [2.24, 2.45) is 0 Å². The molecule has 0 spiro atoms. The predicted octanol–water partition coefficient (Wildman–Crippen LogP) is 4.79. The summed E-state index contributed by atoms with van der Waals surface area (Å²) in [6.07, 6.45) is 0. The van der Waals surface area contributed by atoms with Crippen LogP contribution in [0.4, 0.5) is 0 Å². The summed E-state index contributed by atoms with van der Waals surface area (Å²) in [4.78, 5) is 27.5. The van der Waals surface area contributed by atoms with Crippen LogP contribution in [0.15, 0.2) is 71.5 Å². The fraction of sp³-hybridized carbons (Fsp3) is 0.0833. The van der Waals surface area contributed by atoms with E-state index in [1.807, 2.05) is 61.5 Å². The number of aryl methyl sites for hydroxylation is 1. The highest BCUT2D eigenvalue weighted by atomic mass is 35.5. The Balaban J connectivity index is 1.61. The molecule has 150 valence electrons. The van der Waals surface area contributed by atoms with E-state index in [4.69, 9.17) is 11.6 Å². The summed E-state index contributed by atoms with van der Waals surface area (Å²) in [7, 11) is 0. The average Bonchev–Trinajstić information content (AvgIpc) is 2.74. The number of aromatic hydroxyl groups is 1. The molecule has 0 unspecified atom stereocenters. The predicted molar refractivity (Wildman–Crippen MR) is 119 cm³/mol. The first-order valence-corrected chi connectivity index (χ1v) is 9.79. The van der Waals surface area contributed by atoms with Gasteiger partial charge < -0.3 is 15.4 Å². The highest BCUT2D eigenvalue weighted by molar-refractivity contribution is 6.30. The summed E-state index contributed by atoms with van der Waals surface area (Å²) >= 11 is 5.96. The van der Waals surface area contributed by atoms with Gasteiger partial charge in [0.05, 0.1) is 5.56 Å². The Labute approximate surface area is 178 Å². The lowest BCUT2D eigenvalue weighted by molar-refractivity contribution is 0.0949. The van der Waals surface area contributed by atoms with Crippen molar-refractivity contribution < 1.29 is 9.90 Å². The van der Waals surface area contributed by atoms with Crippen LogP contribution < -0.4 is 10.9 Å². The number of carbonyl (C=O) groups is 1. The van der Waals surface area contributed by atoms with E-state index in [0.29, 0.717) is 15.9 Å². The first-order chi connectivity index (χ1) is 14.4. The molecule has 0 bridgehead atoms. The smallest absolute Gasteiger partial charge is 0.291 e. The van der Waals surface area contributed by atoms with Crippen molar-refractivity contribution in [2.45, 2.75) is 13.5 Å². The number of H-pyrrole nitrogens is 1. The Morgan fingerprint density at radius 2 is 1.80 bits per heavy atom. The van der Waals surface area contributed by atoms with Gasteiger partial charge in [0.2, 0.25) is 0 Å². The lowest BCUT2D eigenvalue weighted by Gasteiger charge is -2.11. The zero-order valence-electron chi connectivity index (χ0n) is 16.2. The zero-order chi connectivity index (χ0) is 21.3. The van der Waals surface area contributed by atoms with Crippen LogP contribution in [0.1, 0.15) is 21.5 Å². The Morgan fingerprint density at radius 3 is 2.57 bits per heavy atom. The molecule has 6 heteroatoms. The molecule has 0 aliphatic rings. The molecule has 0 saturated heterocycles. The zero-order valence-corrected chi connectivity index (χ0v) is 17.0. The molecule has 0 saturated carbocycles. The largest absolute Gasteiger partial charge is 0.502 e. The standard InChI is InChI=1S/C24H19ClN2O3/c1-14-5-10-20-19(11-14)21(22(28)24(30)27-20)23(29)26-13-15-3-2-4-17(12-15)16-6-8-18(25)9-7-16/h2-12,28H,13H2,1H3,(H,26,29)(H,27,30). The number of aromatic amines is 1. The van der Waals surface area contributed by atoms with Crippen LogP contribution in [-0.4, -0.2) is 16.0 Å². The average molecular weight is 419 g/mol. The molecule has 4 rings (SSSR count). The van der Waals surface area contributed by atoms with Gasteiger partial charge in [-0.15, -0.1) is 0 Å². The first kappa shape index (κ1) is 19.7. The Hall–Kier alpha value is -3.57. The van der Waals surface area contributed by atoms with Crippen LogP contribution in [0, 0.1) is 6.92 Å². The summed E-state index contributed by atoms with van der Waals surface area (Å²) in [5.41, 5.74) is 3.60. The van der Waals surface area contributed by atoms with E-state index in [1.54, 1.807) is 12.1 Å². The second kappa shape index (κ2) is 8.05. The quantitative estimate of drug-likeness (QED) is 0.445. The molecule has 0 atom stereocenters. The summed E-state index contributed by atoms with van der Waals surface area (Å²) in [6, 6.07) is 20.6. The number of carbonyl (C=O) groups excluding carboxylic acids is 1. The number of nitrogens with one attached hydrogen (secondary N) is 2. The fourth-order valence-corrected chi connectivity index (χ4v) is 3.53. The summed E-state index contributed by atoms with van der Waals surface area (Å²) in [6.45, 7) is 2.13. The number of hydrogen-bond donors (Lipinski definition) is 3. The van der Waals surface area contributed by atoms with Crippen LogP contribution in [0.25, 0.3) is 22.0 Å². The Bertz CT molecular complexity index is 1310. The number of pyridine rings is 1. The Morgan fingerprint density at radius 1 is 1.03 bits per heavy atom. The highest BCUT2D eigenvalue weighted by Crippen LogP contribution is 2.24. The van der Waals surface area contributed by atoms with Gasteiger partial charge in [0.15, 0.2) is 5.75 Å². The molecule has 0 aliphatic heterocycles. The van der Waals surface area contributed by atoms with Crippen molar-refractivity contribution in [1.82, 2.24) is 10.3 Å². The van der Waals surface area contributed by atoms with E-state index in [9.17, 15) is 14.7 Å². The molecule has 1 amide bonds. The van der Waals surface area contributed by atoms with Crippen molar-refractivity contribution in [3.05, 3.63) is 98.8 Å². The Kier molecular flexibility index (Phi) is 5.29. The first-order valence-electron chi connectivity index (χ1n) is 9.41. The lowest BCUT2D eigenvalue weighted by atomic mass is 10.0. The number of halogens is 1. The number of amides is 1. The number of fused-ring (bicyclic) bond motifs is 1. The van der Waals surface area contributed by atoms with Crippen molar-refractivity contribution >= 4 is 28.4 Å². The third kappa shape index (κ3) is 3.93. The maximum atomic E-state index is 12.9. The molecule has 1 heterocycles. The molecular weight excluding hydrogens is 400 g/mol. The summed E-state index contributed by atoms with van der Waals surface area (Å²) < 4.78 is 0. The van der Waals surface area contributed by atoms with Crippen molar-refractivity contribution in [1.29, 1.82) is 0 Å². The van der Waals surface area contributed by atoms with Crippen LogP contribution in [0.2, 0.25) is 5.02 Å². The second-order valence-electron chi connectivity index (χ2n) is 7.12. The van der Waals surface area contributed by atoms with Gasteiger partial charge in [-0.1, -0.05) is 53.6 Å². The second-order valence-corrected chi connectivity index (χ2v) is 7.55. The molecule has 0 fully saturated rings. The van der Waals surface area contributed by atoms with E-state index >= 15 is 0 Å². The molecule has 0 radical (unpaired) electrons. The van der Waals surface area contributed by atoms with Gasteiger partial charge in [0, 0.05) is 22.5 Å². The number of hydrogen-bond acceptors (Lipinski definition) is 3. The van der Waals surface area contributed by atoms with E-state index < -0.39 is 17.2 Å². The van der Waals surface area contributed by atoms with Gasteiger partial charge in [0.25, 0.3) is 11.5 Å². The van der Waals surface area contributed by atoms with E-state index in [1.165, 1.54) is 0 Å². The van der Waals surface area contributed by atoms with Crippen molar-refractivity contribution in [3.63, 3.8) is 0 Å². The van der Waals surface area contributed by atoms with Crippen molar-refractivity contribution in [3.8, 4) is 16.9 Å². The summed E-state index contributed by atoms with van der Waals surface area (Å²) in [5.74, 6) is -1.09. The lowest BCUT2D eigenvalue weighted by Crippen LogP contribution is -2.25. The maximum absolute atomic E-state index is 12.9. The fourth-order valence-electron chi connectivity index (χ4n) is 3.40. The molecule has 1 aromatic heterocycles. The highest BCUT2D eigenvalue weighted by Gasteiger charge is 2.19. The maximum Gasteiger partial charge on any atom is 0.291 e. The van der Waals surface area contributed by atoms with Crippen LogP contribution in [0.5, 0.6) is 5.75 Å².